The van der Waals surface area contributed by atoms with E-state index in [2.05, 4.69) is 36.1 Å². The van der Waals surface area contributed by atoms with Crippen LogP contribution in [-0.4, -0.2) is 26.6 Å². The minimum absolute atomic E-state index is 0.0680. The number of carboxylic acids is 1. The van der Waals surface area contributed by atoms with Crippen molar-refractivity contribution in [2.24, 2.45) is 0 Å². The van der Waals surface area contributed by atoms with Gasteiger partial charge in [-0.25, -0.2) is 14.8 Å². The number of aromatic carboxylic acids is 1. The van der Waals surface area contributed by atoms with Crippen LogP contribution in [0.25, 0.3) is 10.9 Å². The molecule has 0 fully saturated rings. The Labute approximate surface area is 118 Å². The van der Waals surface area contributed by atoms with Crippen LogP contribution in [0.15, 0.2) is 24.5 Å². The van der Waals surface area contributed by atoms with Crippen LogP contribution in [0.2, 0.25) is 0 Å². The number of carboxylic acid groups (broad SMARTS) is 1. The van der Waals surface area contributed by atoms with Gasteiger partial charge >= 0.3 is 5.97 Å². The standard InChI is InChI=1S/C15H19N3O2/c1-4-7-15(2,3)18-13-11-6-5-10(14(19)20)8-12(11)16-9-17-13/h5-6,8-9H,4,7H2,1-3H3,(H,19,20)(H,16,17,18). The first kappa shape index (κ1) is 14.2. The second kappa shape index (κ2) is 5.45. The third-order valence-corrected chi connectivity index (χ3v) is 3.22. The Hall–Kier alpha value is -2.17. The first-order chi connectivity index (χ1) is 9.43. The summed E-state index contributed by atoms with van der Waals surface area (Å²) in [5, 5.41) is 13.3. The molecule has 2 rings (SSSR count). The molecule has 0 radical (unpaired) electrons. The molecule has 0 bridgehead atoms. The van der Waals surface area contributed by atoms with Crippen LogP contribution in [0.1, 0.15) is 44.0 Å². The van der Waals surface area contributed by atoms with Crippen LogP contribution in [-0.2, 0) is 0 Å². The quantitative estimate of drug-likeness (QED) is 0.874. The van der Waals surface area contributed by atoms with Crippen molar-refractivity contribution < 1.29 is 9.90 Å². The highest BCUT2D eigenvalue weighted by Crippen LogP contribution is 2.25. The summed E-state index contributed by atoms with van der Waals surface area (Å²) in [6.45, 7) is 6.38. The molecule has 0 aliphatic heterocycles. The zero-order chi connectivity index (χ0) is 14.8. The van der Waals surface area contributed by atoms with E-state index in [0.717, 1.165) is 24.0 Å². The van der Waals surface area contributed by atoms with E-state index in [4.69, 9.17) is 5.11 Å². The largest absolute Gasteiger partial charge is 0.478 e. The topological polar surface area (TPSA) is 75.1 Å². The second-order valence-corrected chi connectivity index (χ2v) is 5.52. The molecule has 20 heavy (non-hydrogen) atoms. The van der Waals surface area contributed by atoms with Gasteiger partial charge in [-0.15, -0.1) is 0 Å². The molecule has 0 saturated heterocycles. The molecule has 5 nitrogen and oxygen atoms in total. The van der Waals surface area contributed by atoms with Crippen molar-refractivity contribution in [2.75, 3.05) is 5.32 Å². The molecular weight excluding hydrogens is 254 g/mol. The summed E-state index contributed by atoms with van der Waals surface area (Å²) in [5.41, 5.74) is 0.797. The van der Waals surface area contributed by atoms with E-state index in [0.29, 0.717) is 5.52 Å². The molecule has 0 unspecified atom stereocenters. The van der Waals surface area contributed by atoms with Gasteiger partial charge in [0.15, 0.2) is 0 Å². The predicted octanol–water partition coefficient (Wildman–Crippen LogP) is 3.32. The van der Waals surface area contributed by atoms with Gasteiger partial charge in [0.25, 0.3) is 0 Å². The number of carbonyl (C=O) groups is 1. The maximum Gasteiger partial charge on any atom is 0.335 e. The average Bonchev–Trinajstić information content (AvgIpc) is 2.37. The van der Waals surface area contributed by atoms with Gasteiger partial charge in [0.1, 0.15) is 12.1 Å². The molecule has 1 heterocycles. The van der Waals surface area contributed by atoms with Gasteiger partial charge in [0.05, 0.1) is 11.1 Å². The third kappa shape index (κ3) is 3.04. The number of hydrogen-bond donors (Lipinski definition) is 2. The molecule has 0 aliphatic carbocycles. The fourth-order valence-corrected chi connectivity index (χ4v) is 2.30. The highest BCUT2D eigenvalue weighted by atomic mass is 16.4. The van der Waals surface area contributed by atoms with Gasteiger partial charge in [0, 0.05) is 10.9 Å². The Morgan fingerprint density at radius 3 is 2.75 bits per heavy atom. The van der Waals surface area contributed by atoms with Crippen molar-refractivity contribution in [1.29, 1.82) is 0 Å². The van der Waals surface area contributed by atoms with Crippen molar-refractivity contribution in [2.45, 2.75) is 39.2 Å². The van der Waals surface area contributed by atoms with Crippen LogP contribution in [0.3, 0.4) is 0 Å². The Morgan fingerprint density at radius 2 is 2.10 bits per heavy atom. The number of rotatable bonds is 5. The zero-order valence-electron chi connectivity index (χ0n) is 12.0. The number of benzene rings is 1. The van der Waals surface area contributed by atoms with Crippen molar-refractivity contribution >= 4 is 22.7 Å². The van der Waals surface area contributed by atoms with Crippen molar-refractivity contribution in [3.63, 3.8) is 0 Å². The monoisotopic (exact) mass is 273 g/mol. The van der Waals surface area contributed by atoms with Gasteiger partial charge in [-0.1, -0.05) is 13.3 Å². The molecular formula is C15H19N3O2. The highest BCUT2D eigenvalue weighted by molar-refractivity contribution is 5.96. The number of nitrogens with zero attached hydrogens (tertiary/aromatic N) is 2. The van der Waals surface area contributed by atoms with E-state index in [9.17, 15) is 4.79 Å². The summed E-state index contributed by atoms with van der Waals surface area (Å²) in [6.07, 6.45) is 3.55. The zero-order valence-corrected chi connectivity index (χ0v) is 12.0. The van der Waals surface area contributed by atoms with E-state index < -0.39 is 5.97 Å². The smallest absolute Gasteiger partial charge is 0.335 e. The molecule has 2 N–H and O–H groups in total. The van der Waals surface area contributed by atoms with E-state index in [-0.39, 0.29) is 11.1 Å². The Balaban J connectivity index is 2.42. The summed E-state index contributed by atoms with van der Waals surface area (Å²) in [5.74, 6) is -0.211. The molecule has 0 saturated carbocycles. The van der Waals surface area contributed by atoms with E-state index in [1.165, 1.54) is 6.33 Å². The molecule has 5 heteroatoms. The fourth-order valence-electron chi connectivity index (χ4n) is 2.30. The van der Waals surface area contributed by atoms with E-state index in [1.807, 2.05) is 0 Å². The van der Waals surface area contributed by atoms with Gasteiger partial charge in [-0.2, -0.15) is 0 Å². The minimum Gasteiger partial charge on any atom is -0.478 e. The SMILES string of the molecule is CCCC(C)(C)Nc1ncnc2cc(C(=O)O)ccc12. The summed E-state index contributed by atoms with van der Waals surface area (Å²) in [6, 6.07) is 4.90. The minimum atomic E-state index is -0.952. The fraction of sp³-hybridized carbons (Fsp3) is 0.400. The van der Waals surface area contributed by atoms with Gasteiger partial charge in [-0.05, 0) is 38.5 Å². The third-order valence-electron chi connectivity index (χ3n) is 3.22. The molecule has 2 aromatic rings. The first-order valence-electron chi connectivity index (χ1n) is 6.69. The summed E-state index contributed by atoms with van der Waals surface area (Å²) >= 11 is 0. The second-order valence-electron chi connectivity index (χ2n) is 5.52. The van der Waals surface area contributed by atoms with E-state index >= 15 is 0 Å². The molecule has 1 aromatic heterocycles. The Morgan fingerprint density at radius 1 is 1.35 bits per heavy atom. The van der Waals surface area contributed by atoms with Crippen LogP contribution in [0, 0.1) is 0 Å². The number of fused-ring (bicyclic) bond motifs is 1. The van der Waals surface area contributed by atoms with E-state index in [1.54, 1.807) is 18.2 Å². The highest BCUT2D eigenvalue weighted by Gasteiger charge is 2.18. The lowest BCUT2D eigenvalue weighted by atomic mass is 9.98. The number of nitrogens with one attached hydrogen (secondary N) is 1. The lowest BCUT2D eigenvalue weighted by molar-refractivity contribution is 0.0697. The lowest BCUT2D eigenvalue weighted by Crippen LogP contribution is -2.31. The van der Waals surface area contributed by atoms with Crippen LogP contribution < -0.4 is 5.32 Å². The molecule has 106 valence electrons. The molecule has 0 amide bonds. The number of anilines is 1. The molecule has 0 spiro atoms. The summed E-state index contributed by atoms with van der Waals surface area (Å²) < 4.78 is 0. The molecule has 0 aliphatic rings. The maximum absolute atomic E-state index is 11.0. The summed E-state index contributed by atoms with van der Waals surface area (Å²) in [4.78, 5) is 19.4. The molecule has 0 atom stereocenters. The van der Waals surface area contributed by atoms with Gasteiger partial charge in [0.2, 0.25) is 0 Å². The normalized spacial score (nSPS) is 11.6. The van der Waals surface area contributed by atoms with Gasteiger partial charge in [-0.3, -0.25) is 0 Å². The average molecular weight is 273 g/mol. The van der Waals surface area contributed by atoms with Crippen LogP contribution in [0.5, 0.6) is 0 Å². The lowest BCUT2D eigenvalue weighted by Gasteiger charge is -2.27. The number of aromatic nitrogens is 2. The van der Waals surface area contributed by atoms with Gasteiger partial charge < -0.3 is 10.4 Å². The van der Waals surface area contributed by atoms with Crippen LogP contribution >= 0.6 is 0 Å². The van der Waals surface area contributed by atoms with Crippen molar-refractivity contribution in [1.82, 2.24) is 9.97 Å². The van der Waals surface area contributed by atoms with Crippen molar-refractivity contribution in [3.8, 4) is 0 Å². The Bertz CT molecular complexity index is 638. The first-order valence-corrected chi connectivity index (χ1v) is 6.69. The number of hydrogen-bond acceptors (Lipinski definition) is 4. The molecule has 1 aromatic carbocycles. The van der Waals surface area contributed by atoms with Crippen LogP contribution in [0.4, 0.5) is 5.82 Å². The van der Waals surface area contributed by atoms with Crippen molar-refractivity contribution in [3.05, 3.63) is 30.1 Å². The predicted molar refractivity (Wildman–Crippen MR) is 79.1 cm³/mol. The Kier molecular flexibility index (Phi) is 3.88. The maximum atomic E-state index is 11.0. The summed E-state index contributed by atoms with van der Waals surface area (Å²) in [7, 11) is 0.